The minimum atomic E-state index is -4.26. The van der Waals surface area contributed by atoms with Gasteiger partial charge in [-0.3, -0.25) is 9.59 Å². The monoisotopic (exact) mass is 618 g/mol. The molecule has 4 rings (SSSR count). The van der Waals surface area contributed by atoms with Gasteiger partial charge in [-0.25, -0.2) is 0 Å². The number of hydrogen-bond donors (Lipinski definition) is 2. The smallest absolute Gasteiger partial charge is 0.295 e. The van der Waals surface area contributed by atoms with E-state index in [4.69, 9.17) is 28.0 Å². The Balaban J connectivity index is 1.48. The zero-order chi connectivity index (χ0) is 29.4. The number of nitrogens with zero attached hydrogens (tertiary/aromatic N) is 2. The molecule has 0 radical (unpaired) electrons. The highest BCUT2D eigenvalue weighted by atomic mass is 35.5. The lowest BCUT2D eigenvalue weighted by Gasteiger charge is -2.34. The first-order valence-electron chi connectivity index (χ1n) is 13.3. The van der Waals surface area contributed by atoms with Crippen LogP contribution in [0.25, 0.3) is 0 Å². The highest BCUT2D eigenvalue weighted by Crippen LogP contribution is 2.32. The number of sulfonamides is 1. The second kappa shape index (κ2) is 14.0. The number of amides is 2. The van der Waals surface area contributed by atoms with Crippen LogP contribution < -0.4 is 19.9 Å². The third-order valence-corrected chi connectivity index (χ3v) is 8.73. The maximum Gasteiger partial charge on any atom is 0.295 e. The summed E-state index contributed by atoms with van der Waals surface area (Å²) in [6.07, 6.45) is 2.58. The van der Waals surface area contributed by atoms with E-state index in [-0.39, 0.29) is 45.4 Å². The van der Waals surface area contributed by atoms with Crippen LogP contribution in [0.4, 0.5) is 5.69 Å². The summed E-state index contributed by atoms with van der Waals surface area (Å²) in [5, 5.41) is 6.47. The lowest BCUT2D eigenvalue weighted by Crippen LogP contribution is -2.49. The Bertz CT molecular complexity index is 1450. The Kier molecular flexibility index (Phi) is 10.5. The van der Waals surface area contributed by atoms with Crippen LogP contribution in [-0.2, 0) is 14.8 Å². The summed E-state index contributed by atoms with van der Waals surface area (Å²) in [5.41, 5.74) is 0.456. The minimum absolute atomic E-state index is 0.0887. The molecule has 1 saturated heterocycles. The third-order valence-electron chi connectivity index (χ3n) is 6.61. The molecule has 2 amide bonds. The van der Waals surface area contributed by atoms with E-state index in [0.29, 0.717) is 11.6 Å². The summed E-state index contributed by atoms with van der Waals surface area (Å²) in [4.78, 5) is 33.3. The Morgan fingerprint density at radius 2 is 1.68 bits per heavy atom. The van der Waals surface area contributed by atoms with E-state index in [1.54, 1.807) is 30.3 Å². The van der Waals surface area contributed by atoms with Gasteiger partial charge in [0.1, 0.15) is 0 Å². The zero-order valence-corrected chi connectivity index (χ0v) is 24.9. The van der Waals surface area contributed by atoms with Gasteiger partial charge in [0.15, 0.2) is 5.75 Å². The minimum Gasteiger partial charge on any atom is -0.363 e. The molecule has 12 heteroatoms. The number of benzene rings is 3. The van der Waals surface area contributed by atoms with Crippen molar-refractivity contribution in [3.63, 3.8) is 0 Å². The SMILES string of the molecule is CCCN(C(=O)CNC(=O)c1ccc(S(=O)(=O)N(Oc2ccc(Cl)cc2Cl)c2ccccc2)cc1)C1CCNCC1. The van der Waals surface area contributed by atoms with Crippen LogP contribution in [0.5, 0.6) is 5.75 Å². The van der Waals surface area contributed by atoms with Crippen LogP contribution in [0.15, 0.2) is 77.7 Å². The average Bonchev–Trinajstić information content (AvgIpc) is 2.99. The molecule has 0 aromatic heterocycles. The predicted octanol–water partition coefficient (Wildman–Crippen LogP) is 4.90. The summed E-state index contributed by atoms with van der Waals surface area (Å²) in [5.74, 6) is -0.526. The van der Waals surface area contributed by atoms with Crippen LogP contribution in [-0.4, -0.2) is 57.4 Å². The van der Waals surface area contributed by atoms with Crippen molar-refractivity contribution in [1.29, 1.82) is 0 Å². The predicted molar refractivity (Wildman–Crippen MR) is 160 cm³/mol. The van der Waals surface area contributed by atoms with E-state index >= 15 is 0 Å². The molecule has 9 nitrogen and oxygen atoms in total. The van der Waals surface area contributed by atoms with Crippen molar-refractivity contribution in [2.45, 2.75) is 37.1 Å². The van der Waals surface area contributed by atoms with E-state index in [9.17, 15) is 18.0 Å². The molecule has 3 aromatic rings. The summed E-state index contributed by atoms with van der Waals surface area (Å²) in [6.45, 7) is 4.23. The Morgan fingerprint density at radius 1 is 1.00 bits per heavy atom. The fourth-order valence-electron chi connectivity index (χ4n) is 4.53. The first kappa shape index (κ1) is 30.6. The van der Waals surface area contributed by atoms with Gasteiger partial charge >= 0.3 is 0 Å². The van der Waals surface area contributed by atoms with Crippen molar-refractivity contribution in [3.05, 3.63) is 88.4 Å². The van der Waals surface area contributed by atoms with Crippen molar-refractivity contribution >= 4 is 50.7 Å². The molecule has 0 aliphatic carbocycles. The standard InChI is InChI=1S/C29H32Cl2N4O5S/c1-2-18-34(23-14-16-32-17-15-23)28(36)20-33-29(37)21-8-11-25(12-9-21)41(38,39)35(24-6-4-3-5-7-24)40-27-13-10-22(30)19-26(27)31/h3-13,19,23,32H,2,14-18,20H2,1H3,(H,33,37). The van der Waals surface area contributed by atoms with Crippen molar-refractivity contribution in [3.8, 4) is 5.75 Å². The van der Waals surface area contributed by atoms with Gasteiger partial charge in [-0.1, -0.05) is 52.8 Å². The molecule has 1 aliphatic rings. The van der Waals surface area contributed by atoms with Crippen molar-refractivity contribution < 1.29 is 22.8 Å². The van der Waals surface area contributed by atoms with Crippen molar-refractivity contribution in [2.24, 2.45) is 0 Å². The molecule has 2 N–H and O–H groups in total. The fourth-order valence-corrected chi connectivity index (χ4v) is 6.22. The molecule has 0 unspecified atom stereocenters. The van der Waals surface area contributed by atoms with Gasteiger partial charge in [-0.15, -0.1) is 0 Å². The topological polar surface area (TPSA) is 108 Å². The van der Waals surface area contributed by atoms with Gasteiger partial charge in [0, 0.05) is 23.2 Å². The Labute approximate surface area is 250 Å². The zero-order valence-electron chi connectivity index (χ0n) is 22.6. The molecule has 3 aromatic carbocycles. The highest BCUT2D eigenvalue weighted by Gasteiger charge is 2.29. The molecular weight excluding hydrogens is 587 g/mol. The molecule has 0 bridgehead atoms. The summed E-state index contributed by atoms with van der Waals surface area (Å²) >= 11 is 12.2. The van der Waals surface area contributed by atoms with E-state index < -0.39 is 15.9 Å². The van der Waals surface area contributed by atoms with Crippen molar-refractivity contribution in [2.75, 3.05) is 30.6 Å². The molecule has 0 atom stereocenters. The van der Waals surface area contributed by atoms with E-state index in [2.05, 4.69) is 10.6 Å². The quantitative estimate of drug-likeness (QED) is 0.296. The van der Waals surface area contributed by atoms with Gasteiger partial charge in [-0.2, -0.15) is 8.42 Å². The Morgan fingerprint density at radius 3 is 2.32 bits per heavy atom. The third kappa shape index (κ3) is 7.71. The number of piperidine rings is 1. The number of carbonyl (C=O) groups excluding carboxylic acids is 2. The maximum absolute atomic E-state index is 13.7. The maximum atomic E-state index is 13.7. The lowest BCUT2D eigenvalue weighted by molar-refractivity contribution is -0.133. The molecule has 0 spiro atoms. The number of carbonyl (C=O) groups is 2. The molecule has 0 saturated carbocycles. The van der Waals surface area contributed by atoms with Crippen LogP contribution in [0.3, 0.4) is 0 Å². The lowest BCUT2D eigenvalue weighted by atomic mass is 10.0. The summed E-state index contributed by atoms with van der Waals surface area (Å²) in [7, 11) is -4.26. The van der Waals surface area contributed by atoms with Gasteiger partial charge in [0.05, 0.1) is 22.2 Å². The molecule has 1 heterocycles. The second-order valence-corrected chi connectivity index (χ2v) is 12.1. The molecule has 41 heavy (non-hydrogen) atoms. The van der Waals surface area contributed by atoms with Gasteiger partial charge in [0.25, 0.3) is 15.9 Å². The molecular formula is C29H32Cl2N4O5S. The summed E-state index contributed by atoms with van der Waals surface area (Å²) in [6, 6.07) is 18.3. The van der Waals surface area contributed by atoms with E-state index in [1.165, 1.54) is 42.5 Å². The first-order valence-corrected chi connectivity index (χ1v) is 15.5. The largest absolute Gasteiger partial charge is 0.363 e. The number of hydrogen-bond acceptors (Lipinski definition) is 6. The van der Waals surface area contributed by atoms with Gasteiger partial charge in [-0.05, 0) is 86.9 Å². The number of para-hydroxylation sites is 1. The van der Waals surface area contributed by atoms with Gasteiger partial charge < -0.3 is 20.4 Å². The number of nitrogens with one attached hydrogen (secondary N) is 2. The van der Waals surface area contributed by atoms with Crippen LogP contribution in [0, 0.1) is 0 Å². The van der Waals surface area contributed by atoms with E-state index in [0.717, 1.165) is 36.8 Å². The Hall–Kier alpha value is -3.31. The number of anilines is 1. The average molecular weight is 620 g/mol. The number of halogens is 2. The number of rotatable bonds is 11. The molecule has 218 valence electrons. The highest BCUT2D eigenvalue weighted by molar-refractivity contribution is 7.92. The van der Waals surface area contributed by atoms with Crippen LogP contribution in [0.1, 0.15) is 36.5 Å². The molecule has 1 aliphatic heterocycles. The van der Waals surface area contributed by atoms with Gasteiger partial charge in [0.2, 0.25) is 5.91 Å². The fraction of sp³-hybridized carbons (Fsp3) is 0.310. The normalized spacial score (nSPS) is 13.8. The first-order chi connectivity index (χ1) is 19.7. The van der Waals surface area contributed by atoms with Crippen LogP contribution >= 0.6 is 23.2 Å². The molecule has 1 fully saturated rings. The van der Waals surface area contributed by atoms with Crippen molar-refractivity contribution in [1.82, 2.24) is 15.5 Å². The van der Waals surface area contributed by atoms with E-state index in [1.807, 2.05) is 11.8 Å². The summed E-state index contributed by atoms with van der Waals surface area (Å²) < 4.78 is 28.1. The van der Waals surface area contributed by atoms with Crippen LogP contribution in [0.2, 0.25) is 10.0 Å². The second-order valence-electron chi connectivity index (χ2n) is 9.51.